The molecule has 37 heavy (non-hydrogen) atoms. The summed E-state index contributed by atoms with van der Waals surface area (Å²) in [5.74, 6) is -0.611. The first kappa shape index (κ1) is 24.3. The second-order valence-electron chi connectivity index (χ2n) is 9.46. The zero-order chi connectivity index (χ0) is 25.9. The molecular weight excluding hydrogens is 468 g/mol. The van der Waals surface area contributed by atoms with Crippen molar-refractivity contribution in [1.29, 1.82) is 5.26 Å². The number of carbonyl (C=O) groups excluding carboxylic acids is 3. The average molecular weight is 497 g/mol. The highest BCUT2D eigenvalue weighted by Crippen LogP contribution is 2.31. The van der Waals surface area contributed by atoms with E-state index < -0.39 is 0 Å². The first-order valence-corrected chi connectivity index (χ1v) is 12.6. The quantitative estimate of drug-likeness (QED) is 0.379. The third kappa shape index (κ3) is 4.58. The number of carbonyl (C=O) groups is 3. The van der Waals surface area contributed by atoms with E-state index in [1.54, 1.807) is 16.8 Å². The van der Waals surface area contributed by atoms with Crippen molar-refractivity contribution >= 4 is 23.5 Å². The number of anilines is 1. The molecular formula is C28H28N6O3. The van der Waals surface area contributed by atoms with E-state index in [1.165, 1.54) is 11.0 Å². The summed E-state index contributed by atoms with van der Waals surface area (Å²) in [5.41, 5.74) is 8.82. The van der Waals surface area contributed by atoms with Crippen LogP contribution in [0.5, 0.6) is 0 Å². The number of para-hydroxylation sites is 1. The molecule has 188 valence electrons. The summed E-state index contributed by atoms with van der Waals surface area (Å²) in [6.07, 6.45) is 5.83. The lowest BCUT2D eigenvalue weighted by Gasteiger charge is -2.29. The van der Waals surface area contributed by atoms with Crippen LogP contribution < -0.4 is 11.1 Å². The van der Waals surface area contributed by atoms with Gasteiger partial charge in [-0.1, -0.05) is 37.5 Å². The van der Waals surface area contributed by atoms with Gasteiger partial charge in [0, 0.05) is 18.2 Å². The molecule has 1 fully saturated rings. The number of nitriles is 1. The van der Waals surface area contributed by atoms with Crippen LogP contribution in [0, 0.1) is 11.3 Å². The lowest BCUT2D eigenvalue weighted by atomic mass is 9.94. The van der Waals surface area contributed by atoms with Gasteiger partial charge in [-0.25, -0.2) is 4.68 Å². The maximum atomic E-state index is 13.0. The van der Waals surface area contributed by atoms with Crippen LogP contribution in [-0.2, 0) is 6.42 Å². The lowest BCUT2D eigenvalue weighted by Crippen LogP contribution is -2.40. The molecule has 0 bridgehead atoms. The molecule has 1 aliphatic heterocycles. The Kier molecular flexibility index (Phi) is 6.73. The van der Waals surface area contributed by atoms with Crippen LogP contribution >= 0.6 is 0 Å². The summed E-state index contributed by atoms with van der Waals surface area (Å²) in [7, 11) is 0. The van der Waals surface area contributed by atoms with Gasteiger partial charge in [0.1, 0.15) is 17.5 Å². The Balaban J connectivity index is 1.21. The number of aryl methyl sites for hydroxylation is 1. The van der Waals surface area contributed by atoms with Crippen molar-refractivity contribution in [2.75, 3.05) is 12.3 Å². The van der Waals surface area contributed by atoms with E-state index in [0.717, 1.165) is 37.8 Å². The van der Waals surface area contributed by atoms with Crippen molar-refractivity contribution < 1.29 is 14.4 Å². The Bertz CT molecular complexity index is 1400. The van der Waals surface area contributed by atoms with Crippen LogP contribution in [0.2, 0.25) is 0 Å². The van der Waals surface area contributed by atoms with Crippen molar-refractivity contribution in [2.24, 2.45) is 0 Å². The minimum absolute atomic E-state index is 0.0591. The first-order chi connectivity index (χ1) is 18.0. The molecule has 9 heteroatoms. The van der Waals surface area contributed by atoms with Crippen LogP contribution in [-0.4, -0.2) is 45.0 Å². The molecule has 2 heterocycles. The standard InChI is InChI=1S/C28H28N6O3/c29-17-23-24(32-34(25(23)30)20-10-5-2-6-11-20)12-7-15-31-26(35)18-13-14-21-22(16-18)28(37)33(27(21)36)19-8-3-1-4-9-19/h2,5-6,10-11,13-14,16,19H,1,3-4,7-9,12,15,30H2,(H,31,35). The molecule has 3 N–H and O–H groups in total. The van der Waals surface area contributed by atoms with E-state index in [2.05, 4.69) is 16.5 Å². The maximum absolute atomic E-state index is 13.0. The molecule has 5 rings (SSSR count). The van der Waals surface area contributed by atoms with Crippen molar-refractivity contribution in [3.63, 3.8) is 0 Å². The van der Waals surface area contributed by atoms with Gasteiger partial charge in [0.15, 0.2) is 0 Å². The second-order valence-corrected chi connectivity index (χ2v) is 9.46. The van der Waals surface area contributed by atoms with Crippen molar-refractivity contribution in [2.45, 2.75) is 51.0 Å². The van der Waals surface area contributed by atoms with E-state index in [1.807, 2.05) is 30.3 Å². The zero-order valence-corrected chi connectivity index (χ0v) is 20.4. The minimum Gasteiger partial charge on any atom is -0.382 e. The number of benzene rings is 2. The monoisotopic (exact) mass is 496 g/mol. The zero-order valence-electron chi connectivity index (χ0n) is 20.4. The predicted molar refractivity (Wildman–Crippen MR) is 137 cm³/mol. The van der Waals surface area contributed by atoms with Crippen LogP contribution in [0.25, 0.3) is 5.69 Å². The summed E-state index contributed by atoms with van der Waals surface area (Å²) in [4.78, 5) is 40.1. The molecule has 1 saturated carbocycles. The van der Waals surface area contributed by atoms with Crippen molar-refractivity contribution in [1.82, 2.24) is 20.0 Å². The summed E-state index contributed by atoms with van der Waals surface area (Å²) < 4.78 is 1.55. The Morgan fingerprint density at radius 2 is 1.78 bits per heavy atom. The Labute approximate surface area is 214 Å². The Morgan fingerprint density at radius 1 is 1.05 bits per heavy atom. The fraction of sp³-hybridized carbons (Fsp3) is 0.321. The molecule has 2 aliphatic rings. The van der Waals surface area contributed by atoms with Crippen LogP contribution in [0.3, 0.4) is 0 Å². The van der Waals surface area contributed by atoms with Gasteiger partial charge < -0.3 is 11.1 Å². The molecule has 0 atom stereocenters. The summed E-state index contributed by atoms with van der Waals surface area (Å²) in [6.45, 7) is 0.347. The molecule has 1 aromatic heterocycles. The lowest BCUT2D eigenvalue weighted by molar-refractivity contribution is 0.0548. The molecule has 0 radical (unpaired) electrons. The number of aromatic nitrogens is 2. The average Bonchev–Trinajstić information content (AvgIpc) is 3.39. The van der Waals surface area contributed by atoms with E-state index in [9.17, 15) is 19.6 Å². The molecule has 3 amide bonds. The highest BCUT2D eigenvalue weighted by atomic mass is 16.2. The number of rotatable bonds is 7. The normalized spacial score (nSPS) is 15.5. The fourth-order valence-electron chi connectivity index (χ4n) is 5.17. The number of amides is 3. The van der Waals surface area contributed by atoms with Gasteiger partial charge >= 0.3 is 0 Å². The Hall–Kier alpha value is -4.45. The molecule has 3 aromatic rings. The van der Waals surface area contributed by atoms with Crippen molar-refractivity contribution in [3.8, 4) is 11.8 Å². The minimum atomic E-state index is -0.325. The SMILES string of the molecule is N#Cc1c(CCCNC(=O)c2ccc3c(c2)C(=O)N(C2CCCCC2)C3=O)nn(-c2ccccc2)c1N. The van der Waals surface area contributed by atoms with Crippen molar-refractivity contribution in [3.05, 3.63) is 76.5 Å². The smallest absolute Gasteiger partial charge is 0.261 e. The summed E-state index contributed by atoms with van der Waals surface area (Å²) >= 11 is 0. The van der Waals surface area contributed by atoms with Gasteiger partial charge in [0.05, 0.1) is 22.5 Å². The highest BCUT2D eigenvalue weighted by Gasteiger charge is 2.40. The third-order valence-corrected chi connectivity index (χ3v) is 7.10. The molecule has 0 unspecified atom stereocenters. The Morgan fingerprint density at radius 3 is 2.51 bits per heavy atom. The van der Waals surface area contributed by atoms with E-state index in [0.29, 0.717) is 47.3 Å². The van der Waals surface area contributed by atoms with Crippen LogP contribution in [0.15, 0.2) is 48.5 Å². The maximum Gasteiger partial charge on any atom is 0.261 e. The molecule has 0 spiro atoms. The van der Waals surface area contributed by atoms with Gasteiger partial charge in [-0.15, -0.1) is 0 Å². The van der Waals surface area contributed by atoms with Gasteiger partial charge in [-0.2, -0.15) is 10.4 Å². The van der Waals surface area contributed by atoms with Gasteiger partial charge in [0.25, 0.3) is 17.7 Å². The largest absolute Gasteiger partial charge is 0.382 e. The molecule has 9 nitrogen and oxygen atoms in total. The predicted octanol–water partition coefficient (Wildman–Crippen LogP) is 3.62. The number of nitrogens with zero attached hydrogens (tertiary/aromatic N) is 4. The topological polar surface area (TPSA) is 134 Å². The van der Waals surface area contributed by atoms with Gasteiger partial charge in [0.2, 0.25) is 0 Å². The number of nitrogens with two attached hydrogens (primary N) is 1. The highest BCUT2D eigenvalue weighted by molar-refractivity contribution is 6.22. The second kappa shape index (κ2) is 10.3. The number of nitrogen functional groups attached to an aromatic ring is 1. The number of hydrogen-bond acceptors (Lipinski definition) is 6. The summed E-state index contributed by atoms with van der Waals surface area (Å²) in [5, 5.41) is 16.9. The third-order valence-electron chi connectivity index (χ3n) is 7.10. The van der Waals surface area contributed by atoms with E-state index in [-0.39, 0.29) is 29.6 Å². The fourth-order valence-corrected chi connectivity index (χ4v) is 5.17. The molecule has 0 saturated heterocycles. The van der Waals surface area contributed by atoms with Gasteiger partial charge in [-0.3, -0.25) is 19.3 Å². The van der Waals surface area contributed by atoms with E-state index in [4.69, 9.17) is 5.73 Å². The number of nitrogens with one attached hydrogen (secondary N) is 1. The number of fused-ring (bicyclic) bond motifs is 1. The number of imide groups is 1. The summed E-state index contributed by atoms with van der Waals surface area (Å²) in [6, 6.07) is 16.1. The number of hydrogen-bond donors (Lipinski definition) is 2. The van der Waals surface area contributed by atoms with E-state index >= 15 is 0 Å². The van der Waals surface area contributed by atoms with Gasteiger partial charge in [-0.05, 0) is 56.0 Å². The molecule has 2 aromatic carbocycles. The first-order valence-electron chi connectivity index (χ1n) is 12.6. The van der Waals surface area contributed by atoms with Crippen LogP contribution in [0.4, 0.5) is 5.82 Å². The molecule has 1 aliphatic carbocycles. The van der Waals surface area contributed by atoms with Crippen LogP contribution in [0.1, 0.15) is 80.9 Å².